The Morgan fingerprint density at radius 3 is 2.89 bits per heavy atom. The number of benzene rings is 1. The number of rotatable bonds is 4. The van der Waals surface area contributed by atoms with Crippen LogP contribution in [0, 0.1) is 13.8 Å². The Hall–Kier alpha value is -0.340. The molecule has 0 spiro atoms. The van der Waals surface area contributed by atoms with Gasteiger partial charge in [-0.05, 0) is 50.8 Å². The predicted octanol–water partition coefficient (Wildman–Crippen LogP) is 4.44. The van der Waals surface area contributed by atoms with Crippen molar-refractivity contribution in [3.05, 3.63) is 34.9 Å². The summed E-state index contributed by atoms with van der Waals surface area (Å²) < 4.78 is 0. The summed E-state index contributed by atoms with van der Waals surface area (Å²) in [7, 11) is 0. The Labute approximate surface area is 120 Å². The second kappa shape index (κ2) is 6.72. The van der Waals surface area contributed by atoms with Gasteiger partial charge < -0.3 is 0 Å². The summed E-state index contributed by atoms with van der Waals surface area (Å²) in [5.74, 6) is 0. The van der Waals surface area contributed by atoms with Gasteiger partial charge in [-0.25, -0.2) is 0 Å². The van der Waals surface area contributed by atoms with Crippen molar-refractivity contribution >= 4 is 15.9 Å². The predicted molar refractivity (Wildman–Crippen MR) is 82.4 cm³/mol. The maximum Gasteiger partial charge on any atom is 0.0239 e. The Morgan fingerprint density at radius 2 is 2.11 bits per heavy atom. The van der Waals surface area contributed by atoms with Gasteiger partial charge in [-0.3, -0.25) is 4.90 Å². The molecule has 1 nitrogen and oxygen atoms in total. The van der Waals surface area contributed by atoms with E-state index in [9.17, 15) is 0 Å². The normalized spacial score (nSPS) is 21.2. The van der Waals surface area contributed by atoms with Crippen LogP contribution in [0.25, 0.3) is 0 Å². The molecule has 1 aliphatic heterocycles. The fourth-order valence-electron chi connectivity index (χ4n) is 2.91. The molecule has 18 heavy (non-hydrogen) atoms. The van der Waals surface area contributed by atoms with Crippen molar-refractivity contribution in [1.29, 1.82) is 0 Å². The summed E-state index contributed by atoms with van der Waals surface area (Å²) in [5, 5.41) is 1.13. The van der Waals surface area contributed by atoms with Crippen LogP contribution < -0.4 is 0 Å². The lowest BCUT2D eigenvalue weighted by Gasteiger charge is -2.36. The molecule has 0 bridgehead atoms. The van der Waals surface area contributed by atoms with E-state index in [0.29, 0.717) is 0 Å². The van der Waals surface area contributed by atoms with Crippen LogP contribution in [0.1, 0.15) is 42.4 Å². The molecule has 1 saturated heterocycles. The van der Waals surface area contributed by atoms with Crippen molar-refractivity contribution in [2.75, 3.05) is 11.9 Å². The smallest absolute Gasteiger partial charge is 0.0239 e. The minimum Gasteiger partial charge on any atom is -0.296 e. The van der Waals surface area contributed by atoms with Crippen molar-refractivity contribution in [3.8, 4) is 0 Å². The number of aryl methyl sites for hydroxylation is 2. The van der Waals surface area contributed by atoms with E-state index in [1.807, 2.05) is 0 Å². The van der Waals surface area contributed by atoms with Gasteiger partial charge in [0, 0.05) is 17.9 Å². The second-order valence-electron chi connectivity index (χ2n) is 5.53. The molecule has 1 aromatic rings. The summed E-state index contributed by atoms with van der Waals surface area (Å²) in [6, 6.07) is 7.60. The first-order valence-electron chi connectivity index (χ1n) is 7.07. The van der Waals surface area contributed by atoms with Crippen molar-refractivity contribution in [2.45, 2.75) is 52.1 Å². The van der Waals surface area contributed by atoms with Crippen molar-refractivity contribution in [2.24, 2.45) is 0 Å². The highest BCUT2D eigenvalue weighted by molar-refractivity contribution is 9.09. The lowest BCUT2D eigenvalue weighted by Crippen LogP contribution is -2.39. The monoisotopic (exact) mass is 309 g/mol. The Morgan fingerprint density at radius 1 is 1.28 bits per heavy atom. The van der Waals surface area contributed by atoms with Gasteiger partial charge in [-0.15, -0.1) is 0 Å². The Balaban J connectivity index is 2.08. The van der Waals surface area contributed by atoms with Crippen LogP contribution in [-0.4, -0.2) is 22.8 Å². The molecule has 0 amide bonds. The number of hydrogen-bond donors (Lipinski definition) is 0. The number of alkyl halides is 1. The first kappa shape index (κ1) is 14.1. The molecule has 1 unspecified atom stereocenters. The molecule has 1 fully saturated rings. The van der Waals surface area contributed by atoms with Gasteiger partial charge in [-0.2, -0.15) is 0 Å². The van der Waals surface area contributed by atoms with Crippen LogP contribution in [0.4, 0.5) is 0 Å². The zero-order valence-electron chi connectivity index (χ0n) is 11.6. The fraction of sp³-hybridized carbons (Fsp3) is 0.625. The van der Waals surface area contributed by atoms with Gasteiger partial charge >= 0.3 is 0 Å². The maximum absolute atomic E-state index is 3.60. The van der Waals surface area contributed by atoms with Gasteiger partial charge in [0.25, 0.3) is 0 Å². The van der Waals surface area contributed by atoms with Crippen LogP contribution in [-0.2, 0) is 6.54 Å². The number of piperidine rings is 1. The summed E-state index contributed by atoms with van der Waals surface area (Å²) in [5.41, 5.74) is 4.32. The lowest BCUT2D eigenvalue weighted by atomic mass is 9.98. The third kappa shape index (κ3) is 3.58. The number of halogens is 1. The summed E-state index contributed by atoms with van der Waals surface area (Å²) in [6.07, 6.45) is 5.42. The van der Waals surface area contributed by atoms with E-state index >= 15 is 0 Å². The molecule has 0 radical (unpaired) electrons. The highest BCUT2D eigenvalue weighted by Crippen LogP contribution is 2.23. The molecule has 2 rings (SSSR count). The molecule has 0 aromatic heterocycles. The largest absolute Gasteiger partial charge is 0.296 e. The first-order chi connectivity index (χ1) is 8.70. The van der Waals surface area contributed by atoms with Crippen molar-refractivity contribution < 1.29 is 0 Å². The van der Waals surface area contributed by atoms with E-state index in [1.54, 1.807) is 0 Å². The summed E-state index contributed by atoms with van der Waals surface area (Å²) >= 11 is 3.60. The average molecular weight is 310 g/mol. The van der Waals surface area contributed by atoms with Gasteiger partial charge in [0.15, 0.2) is 0 Å². The molecule has 1 atom stereocenters. The molecule has 0 saturated carbocycles. The van der Waals surface area contributed by atoms with Gasteiger partial charge in [0.1, 0.15) is 0 Å². The van der Waals surface area contributed by atoms with E-state index in [4.69, 9.17) is 0 Å². The van der Waals surface area contributed by atoms with Crippen LogP contribution in [0.2, 0.25) is 0 Å². The van der Waals surface area contributed by atoms with E-state index in [0.717, 1.165) is 17.9 Å². The average Bonchev–Trinajstić information content (AvgIpc) is 2.36. The standard InChI is InChI=1S/C16H24BrN/c1-13-6-7-14(2)15(11-13)12-18-10-4-3-5-16(18)8-9-17/h6-7,11,16H,3-5,8-10,12H2,1-2H3. The molecule has 100 valence electrons. The number of nitrogens with zero attached hydrogens (tertiary/aromatic N) is 1. The molecule has 1 aromatic carbocycles. The van der Waals surface area contributed by atoms with Gasteiger partial charge in [-0.1, -0.05) is 46.1 Å². The molecule has 1 aliphatic rings. The first-order valence-corrected chi connectivity index (χ1v) is 8.19. The highest BCUT2D eigenvalue weighted by atomic mass is 79.9. The number of hydrogen-bond acceptors (Lipinski definition) is 1. The van der Waals surface area contributed by atoms with Gasteiger partial charge in [0.2, 0.25) is 0 Å². The molecule has 2 heteroatoms. The van der Waals surface area contributed by atoms with E-state index < -0.39 is 0 Å². The third-order valence-corrected chi connectivity index (χ3v) is 4.53. The van der Waals surface area contributed by atoms with Crippen LogP contribution in [0.15, 0.2) is 18.2 Å². The molecule has 0 N–H and O–H groups in total. The quantitative estimate of drug-likeness (QED) is 0.743. The molecular weight excluding hydrogens is 286 g/mol. The maximum atomic E-state index is 3.60. The lowest BCUT2D eigenvalue weighted by molar-refractivity contribution is 0.137. The van der Waals surface area contributed by atoms with Gasteiger partial charge in [0.05, 0.1) is 0 Å². The third-order valence-electron chi connectivity index (χ3n) is 4.07. The fourth-order valence-corrected chi connectivity index (χ4v) is 3.44. The minimum atomic E-state index is 0.776. The van der Waals surface area contributed by atoms with E-state index in [1.165, 1.54) is 48.9 Å². The Bertz CT molecular complexity index is 387. The van der Waals surface area contributed by atoms with Crippen molar-refractivity contribution in [1.82, 2.24) is 4.90 Å². The molecule has 0 aliphatic carbocycles. The Kier molecular flexibility index (Phi) is 5.25. The van der Waals surface area contributed by atoms with Crippen LogP contribution in [0.5, 0.6) is 0 Å². The zero-order chi connectivity index (χ0) is 13.0. The highest BCUT2D eigenvalue weighted by Gasteiger charge is 2.22. The van der Waals surface area contributed by atoms with Crippen molar-refractivity contribution in [3.63, 3.8) is 0 Å². The molecule has 1 heterocycles. The topological polar surface area (TPSA) is 3.24 Å². The zero-order valence-corrected chi connectivity index (χ0v) is 13.2. The van der Waals surface area contributed by atoms with Crippen LogP contribution in [0.3, 0.4) is 0 Å². The van der Waals surface area contributed by atoms with E-state index in [2.05, 4.69) is 52.9 Å². The SMILES string of the molecule is Cc1ccc(C)c(CN2CCCCC2CCBr)c1. The minimum absolute atomic E-state index is 0.776. The summed E-state index contributed by atoms with van der Waals surface area (Å²) in [6.45, 7) is 6.82. The van der Waals surface area contributed by atoms with E-state index in [-0.39, 0.29) is 0 Å². The summed E-state index contributed by atoms with van der Waals surface area (Å²) in [4.78, 5) is 2.69. The molecular formula is C16H24BrN. The number of likely N-dealkylation sites (tertiary alicyclic amines) is 1. The van der Waals surface area contributed by atoms with Crippen LogP contribution >= 0.6 is 15.9 Å². The second-order valence-corrected chi connectivity index (χ2v) is 6.32.